The van der Waals surface area contributed by atoms with Crippen LogP contribution < -0.4 is 10.6 Å². The normalized spacial score (nSPS) is 48.7. The smallest absolute Gasteiger partial charge is 0.0666 e. The van der Waals surface area contributed by atoms with Crippen LogP contribution in [0.5, 0.6) is 0 Å². The second kappa shape index (κ2) is 12.7. The molecule has 3 nitrogen and oxygen atoms in total. The van der Waals surface area contributed by atoms with Crippen molar-refractivity contribution in [1.29, 1.82) is 0 Å². The van der Waals surface area contributed by atoms with Crippen molar-refractivity contribution < 1.29 is 4.74 Å². The van der Waals surface area contributed by atoms with E-state index in [1.54, 1.807) is 6.42 Å². The third-order valence-corrected chi connectivity index (χ3v) is 15.0. The Morgan fingerprint density at radius 2 is 0.902 bits per heavy atom. The van der Waals surface area contributed by atoms with Gasteiger partial charge in [-0.3, -0.25) is 10.6 Å². The van der Waals surface area contributed by atoms with Crippen molar-refractivity contribution in [3.05, 3.63) is 0 Å². The zero-order valence-electron chi connectivity index (χ0n) is 26.5. The molecule has 8 fully saturated rings. The van der Waals surface area contributed by atoms with Gasteiger partial charge in [0.05, 0.1) is 18.4 Å². The summed E-state index contributed by atoms with van der Waals surface area (Å²) in [7, 11) is 0. The van der Waals surface area contributed by atoms with Crippen LogP contribution in [0.1, 0.15) is 154 Å². The molecule has 2 saturated heterocycles. The number of hydrogen-bond acceptors (Lipinski definition) is 3. The van der Waals surface area contributed by atoms with Crippen LogP contribution in [0, 0.1) is 53.3 Å². The summed E-state index contributed by atoms with van der Waals surface area (Å²) in [6.07, 6.45) is 37.1. The summed E-state index contributed by atoms with van der Waals surface area (Å²) in [6, 6.07) is 1.49. The lowest BCUT2D eigenvalue weighted by Gasteiger charge is -2.52. The maximum atomic E-state index is 7.49. The van der Waals surface area contributed by atoms with E-state index in [1.807, 2.05) is 0 Å². The molecule has 0 amide bonds. The Bertz CT molecular complexity index is 817. The van der Waals surface area contributed by atoms with E-state index in [-0.39, 0.29) is 0 Å². The first-order valence-electron chi connectivity index (χ1n) is 19.5. The van der Waals surface area contributed by atoms with Gasteiger partial charge >= 0.3 is 0 Å². The Morgan fingerprint density at radius 1 is 0.390 bits per heavy atom. The lowest BCUT2D eigenvalue weighted by Crippen LogP contribution is -2.66. The van der Waals surface area contributed by atoms with Gasteiger partial charge in [0.2, 0.25) is 0 Å². The zero-order chi connectivity index (χ0) is 27.2. The molecular formula is C38H64N2O. The minimum Gasteiger partial charge on any atom is -0.374 e. The molecule has 8 rings (SSSR count). The predicted octanol–water partition coefficient (Wildman–Crippen LogP) is 9.00. The monoisotopic (exact) mass is 565 g/mol. The van der Waals surface area contributed by atoms with Crippen LogP contribution in [0.3, 0.4) is 0 Å². The van der Waals surface area contributed by atoms with Gasteiger partial charge in [0.15, 0.2) is 0 Å². The fourth-order valence-corrected chi connectivity index (χ4v) is 13.2. The van der Waals surface area contributed by atoms with Crippen molar-refractivity contribution >= 4 is 0 Å². The first-order chi connectivity index (χ1) is 20.3. The van der Waals surface area contributed by atoms with E-state index in [1.165, 1.54) is 148 Å². The van der Waals surface area contributed by atoms with Gasteiger partial charge in [-0.2, -0.15) is 0 Å². The lowest BCUT2D eigenvalue weighted by molar-refractivity contribution is -0.0808. The third-order valence-electron chi connectivity index (χ3n) is 15.0. The van der Waals surface area contributed by atoms with E-state index < -0.39 is 0 Å². The summed E-state index contributed by atoms with van der Waals surface area (Å²) in [6.45, 7) is 0. The van der Waals surface area contributed by atoms with Gasteiger partial charge in [-0.15, -0.1) is 0 Å². The first-order valence-corrected chi connectivity index (χ1v) is 19.5. The van der Waals surface area contributed by atoms with Crippen molar-refractivity contribution in [1.82, 2.24) is 10.6 Å². The molecule has 0 aromatic rings. The number of rotatable bonds is 4. The molecule has 0 aromatic carbocycles. The Hall–Kier alpha value is -0.120. The van der Waals surface area contributed by atoms with Crippen LogP contribution >= 0.6 is 0 Å². The Kier molecular flexibility index (Phi) is 8.79. The molecule has 41 heavy (non-hydrogen) atoms. The fraction of sp³-hybridized carbons (Fsp3) is 1.00. The molecule has 8 aliphatic rings. The molecule has 3 heteroatoms. The van der Waals surface area contributed by atoms with Gasteiger partial charge in [0.25, 0.3) is 0 Å². The van der Waals surface area contributed by atoms with Gasteiger partial charge in [0, 0.05) is 18.0 Å². The van der Waals surface area contributed by atoms with Gasteiger partial charge in [-0.25, -0.2) is 0 Å². The number of fused-ring (bicyclic) bond motifs is 5. The maximum absolute atomic E-state index is 7.49. The second-order valence-electron chi connectivity index (χ2n) is 16.9. The van der Waals surface area contributed by atoms with Gasteiger partial charge in [0.1, 0.15) is 0 Å². The Balaban J connectivity index is 1.03. The largest absolute Gasteiger partial charge is 0.374 e. The molecule has 0 aromatic heterocycles. The SMILES string of the molecule is C1CCC(C2CC(C3CCCCC3)NC(C3CCCC4C3OC3CC(C5CCCCC5)C5CCCCC5C34)N2)CC1. The molecule has 2 heterocycles. The molecule has 10 unspecified atom stereocenters. The van der Waals surface area contributed by atoms with Crippen molar-refractivity contribution in [2.75, 3.05) is 0 Å². The van der Waals surface area contributed by atoms with Crippen molar-refractivity contribution in [2.45, 2.75) is 185 Å². The van der Waals surface area contributed by atoms with Crippen LogP contribution in [0.4, 0.5) is 0 Å². The van der Waals surface area contributed by atoms with E-state index in [0.29, 0.717) is 24.3 Å². The molecule has 6 saturated carbocycles. The molecule has 0 spiro atoms. The summed E-state index contributed by atoms with van der Waals surface area (Å²) in [4.78, 5) is 0. The van der Waals surface area contributed by atoms with E-state index in [9.17, 15) is 0 Å². The summed E-state index contributed by atoms with van der Waals surface area (Å²) >= 11 is 0. The highest BCUT2D eigenvalue weighted by molar-refractivity contribution is 5.08. The topological polar surface area (TPSA) is 33.3 Å². The Morgan fingerprint density at radius 3 is 1.54 bits per heavy atom. The van der Waals surface area contributed by atoms with Crippen LogP contribution in [-0.4, -0.2) is 30.5 Å². The summed E-state index contributed by atoms with van der Waals surface area (Å²) in [5.41, 5.74) is 0. The predicted molar refractivity (Wildman–Crippen MR) is 169 cm³/mol. The van der Waals surface area contributed by atoms with Crippen molar-refractivity contribution in [2.24, 2.45) is 53.3 Å². The number of hydrogen-bond donors (Lipinski definition) is 2. The van der Waals surface area contributed by atoms with Crippen LogP contribution in [-0.2, 0) is 4.74 Å². The van der Waals surface area contributed by atoms with Crippen LogP contribution in [0.25, 0.3) is 0 Å². The summed E-state index contributed by atoms with van der Waals surface area (Å²) in [5.74, 6) is 8.29. The quantitative estimate of drug-likeness (QED) is 0.357. The lowest BCUT2D eigenvalue weighted by atomic mass is 9.53. The molecule has 0 radical (unpaired) electrons. The van der Waals surface area contributed by atoms with E-state index in [0.717, 1.165) is 59.4 Å². The summed E-state index contributed by atoms with van der Waals surface area (Å²) < 4.78 is 7.49. The first kappa shape index (κ1) is 28.4. The number of ether oxygens (including phenoxy) is 1. The van der Waals surface area contributed by atoms with Crippen LogP contribution in [0.15, 0.2) is 0 Å². The molecule has 2 N–H and O–H groups in total. The zero-order valence-corrected chi connectivity index (χ0v) is 26.5. The standard InChI is InChI=1S/C38H64N2O/c1-4-13-25(14-5-1)32-23-35-36(29-20-11-10-19-28(29)32)30-21-12-22-31(37(30)41-35)38-39-33(26-15-6-2-7-16-26)24-34(40-38)27-17-8-3-9-18-27/h25-40H,1-24H2. The maximum Gasteiger partial charge on any atom is 0.0666 e. The molecular weight excluding hydrogens is 500 g/mol. The fourth-order valence-electron chi connectivity index (χ4n) is 13.2. The van der Waals surface area contributed by atoms with Gasteiger partial charge in [-0.1, -0.05) is 89.9 Å². The molecule has 2 aliphatic heterocycles. The Labute approximate surface area is 252 Å². The van der Waals surface area contributed by atoms with E-state index in [2.05, 4.69) is 10.6 Å². The second-order valence-corrected chi connectivity index (χ2v) is 16.9. The average molecular weight is 565 g/mol. The third kappa shape index (κ3) is 5.62. The molecule has 0 bridgehead atoms. The van der Waals surface area contributed by atoms with Gasteiger partial charge in [-0.05, 0) is 112 Å². The number of nitrogens with one attached hydrogen (secondary N) is 2. The highest BCUT2D eigenvalue weighted by Crippen LogP contribution is 2.60. The highest BCUT2D eigenvalue weighted by Gasteiger charge is 2.59. The highest BCUT2D eigenvalue weighted by atomic mass is 16.5. The minimum atomic E-state index is 0.492. The average Bonchev–Trinajstić information content (AvgIpc) is 3.44. The minimum absolute atomic E-state index is 0.492. The van der Waals surface area contributed by atoms with Crippen LogP contribution in [0.2, 0.25) is 0 Å². The van der Waals surface area contributed by atoms with Crippen molar-refractivity contribution in [3.63, 3.8) is 0 Å². The van der Waals surface area contributed by atoms with Crippen molar-refractivity contribution in [3.8, 4) is 0 Å². The molecule has 10 atom stereocenters. The van der Waals surface area contributed by atoms with E-state index >= 15 is 0 Å². The van der Waals surface area contributed by atoms with Gasteiger partial charge < -0.3 is 4.74 Å². The molecule has 6 aliphatic carbocycles. The molecule has 232 valence electrons. The van der Waals surface area contributed by atoms with E-state index in [4.69, 9.17) is 4.74 Å². The summed E-state index contributed by atoms with van der Waals surface area (Å²) in [5, 5.41) is 8.76.